The van der Waals surface area contributed by atoms with Crippen molar-refractivity contribution < 1.29 is 4.74 Å². The van der Waals surface area contributed by atoms with E-state index in [0.717, 1.165) is 18.0 Å². The maximum Gasteiger partial charge on any atom is 0.137 e. The molecule has 2 aromatic heterocycles. The van der Waals surface area contributed by atoms with Gasteiger partial charge in [0.25, 0.3) is 0 Å². The van der Waals surface area contributed by atoms with E-state index in [2.05, 4.69) is 52.0 Å². The van der Waals surface area contributed by atoms with Gasteiger partial charge in [-0.25, -0.2) is 4.98 Å². The maximum atomic E-state index is 5.25. The van der Waals surface area contributed by atoms with Crippen LogP contribution < -0.4 is 4.74 Å². The number of ether oxygens (including phenoxy) is 1. The van der Waals surface area contributed by atoms with E-state index in [1.807, 2.05) is 36.5 Å². The molecule has 0 unspecified atom stereocenters. The third-order valence-corrected chi connectivity index (χ3v) is 4.21. The van der Waals surface area contributed by atoms with E-state index in [4.69, 9.17) is 4.74 Å². The lowest BCUT2D eigenvalue weighted by Crippen LogP contribution is -2.02. The minimum absolute atomic E-state index is 0.843. The van der Waals surface area contributed by atoms with Gasteiger partial charge in [0, 0.05) is 23.7 Å². The first-order chi connectivity index (χ1) is 11.8. The van der Waals surface area contributed by atoms with Crippen molar-refractivity contribution in [3.8, 4) is 11.6 Å². The van der Waals surface area contributed by atoms with Gasteiger partial charge in [-0.2, -0.15) is 0 Å². The quantitative estimate of drug-likeness (QED) is 0.549. The van der Waals surface area contributed by atoms with Crippen molar-refractivity contribution >= 4 is 10.9 Å². The van der Waals surface area contributed by atoms with Crippen LogP contribution in [0, 0.1) is 0 Å². The van der Waals surface area contributed by atoms with E-state index in [1.54, 1.807) is 7.11 Å². The topological polar surface area (TPSA) is 27.1 Å². The predicted molar refractivity (Wildman–Crippen MR) is 96.9 cm³/mol. The van der Waals surface area contributed by atoms with Gasteiger partial charge < -0.3 is 4.74 Å². The van der Waals surface area contributed by atoms with Gasteiger partial charge >= 0.3 is 0 Å². The smallest absolute Gasteiger partial charge is 0.137 e. The van der Waals surface area contributed by atoms with Crippen LogP contribution in [-0.2, 0) is 6.42 Å². The average molecular weight is 314 g/mol. The summed E-state index contributed by atoms with van der Waals surface area (Å²) >= 11 is 0. The predicted octanol–water partition coefficient (Wildman–Crippen LogP) is 4.62. The van der Waals surface area contributed by atoms with Crippen LogP contribution in [0.1, 0.15) is 11.3 Å². The van der Waals surface area contributed by atoms with E-state index in [-0.39, 0.29) is 0 Å². The molecule has 0 bridgehead atoms. The Bertz CT molecular complexity index is 956. The zero-order chi connectivity index (χ0) is 16.4. The number of methoxy groups -OCH3 is 1. The molecule has 2 aromatic carbocycles. The van der Waals surface area contributed by atoms with Gasteiger partial charge in [0.15, 0.2) is 0 Å². The number of hydrogen-bond acceptors (Lipinski definition) is 2. The van der Waals surface area contributed by atoms with Crippen LogP contribution in [0.4, 0.5) is 0 Å². The molecule has 0 amide bonds. The molecule has 0 saturated heterocycles. The molecular weight excluding hydrogens is 296 g/mol. The Morgan fingerprint density at radius 3 is 2.46 bits per heavy atom. The molecule has 0 radical (unpaired) electrons. The fourth-order valence-corrected chi connectivity index (χ4v) is 3.05. The van der Waals surface area contributed by atoms with Gasteiger partial charge in [-0.1, -0.05) is 36.4 Å². The first-order valence-corrected chi connectivity index (χ1v) is 7.99. The van der Waals surface area contributed by atoms with Gasteiger partial charge in [0.05, 0.1) is 12.6 Å². The summed E-state index contributed by atoms with van der Waals surface area (Å²) in [6.45, 7) is 0. The third kappa shape index (κ3) is 2.65. The first-order valence-electron chi connectivity index (χ1n) is 7.99. The van der Waals surface area contributed by atoms with Gasteiger partial charge in [-0.3, -0.25) is 4.57 Å². The zero-order valence-corrected chi connectivity index (χ0v) is 13.5. The SMILES string of the molecule is COc1ccc(Cc2cc3ccccc3n2-c2ccccn2)cc1. The lowest BCUT2D eigenvalue weighted by atomic mass is 10.1. The molecule has 0 N–H and O–H groups in total. The van der Waals surface area contributed by atoms with Crippen LogP contribution in [-0.4, -0.2) is 16.7 Å². The molecule has 4 aromatic rings. The largest absolute Gasteiger partial charge is 0.497 e. The number of hydrogen-bond donors (Lipinski definition) is 0. The number of pyridine rings is 1. The van der Waals surface area contributed by atoms with Crippen LogP contribution in [0.2, 0.25) is 0 Å². The van der Waals surface area contributed by atoms with E-state index < -0.39 is 0 Å². The van der Waals surface area contributed by atoms with Gasteiger partial charge in [0.1, 0.15) is 11.6 Å². The Kier molecular flexibility index (Phi) is 3.75. The molecule has 3 nitrogen and oxygen atoms in total. The minimum atomic E-state index is 0.843. The number of para-hydroxylation sites is 1. The highest BCUT2D eigenvalue weighted by atomic mass is 16.5. The van der Waals surface area contributed by atoms with Crippen LogP contribution in [0.25, 0.3) is 16.7 Å². The number of rotatable bonds is 4. The summed E-state index contributed by atoms with van der Waals surface area (Å²) < 4.78 is 7.48. The molecule has 0 spiro atoms. The molecule has 2 heterocycles. The second-order valence-corrected chi connectivity index (χ2v) is 5.74. The van der Waals surface area contributed by atoms with E-state index in [9.17, 15) is 0 Å². The van der Waals surface area contributed by atoms with Crippen molar-refractivity contribution in [3.05, 3.63) is 90.3 Å². The van der Waals surface area contributed by atoms with Crippen molar-refractivity contribution in [1.82, 2.24) is 9.55 Å². The van der Waals surface area contributed by atoms with Gasteiger partial charge in [-0.05, 0) is 42.0 Å². The zero-order valence-electron chi connectivity index (χ0n) is 13.5. The standard InChI is InChI=1S/C21H18N2O/c1-24-19-11-9-16(10-12-19)14-18-15-17-6-2-3-7-20(17)23(18)21-8-4-5-13-22-21/h2-13,15H,14H2,1H3. The maximum absolute atomic E-state index is 5.25. The molecule has 0 aliphatic carbocycles. The molecule has 0 aliphatic heterocycles. The lowest BCUT2D eigenvalue weighted by molar-refractivity contribution is 0.414. The Balaban J connectivity index is 1.82. The first kappa shape index (κ1) is 14.5. The monoisotopic (exact) mass is 314 g/mol. The highest BCUT2D eigenvalue weighted by Crippen LogP contribution is 2.25. The third-order valence-electron chi connectivity index (χ3n) is 4.21. The summed E-state index contributed by atoms with van der Waals surface area (Å²) in [5, 5.41) is 1.23. The van der Waals surface area contributed by atoms with Crippen molar-refractivity contribution in [3.63, 3.8) is 0 Å². The summed E-state index contributed by atoms with van der Waals surface area (Å²) in [6.07, 6.45) is 2.68. The minimum Gasteiger partial charge on any atom is -0.497 e. The van der Waals surface area contributed by atoms with Crippen molar-refractivity contribution in [2.24, 2.45) is 0 Å². The number of benzene rings is 2. The molecular formula is C21H18N2O. The number of nitrogens with zero attached hydrogens (tertiary/aromatic N) is 2. The van der Waals surface area contributed by atoms with Crippen LogP contribution in [0.3, 0.4) is 0 Å². The second kappa shape index (κ2) is 6.20. The molecule has 0 atom stereocenters. The molecule has 4 rings (SSSR count). The summed E-state index contributed by atoms with van der Waals surface area (Å²) in [7, 11) is 1.69. The van der Waals surface area contributed by atoms with Crippen molar-refractivity contribution in [1.29, 1.82) is 0 Å². The van der Waals surface area contributed by atoms with E-state index >= 15 is 0 Å². The Morgan fingerprint density at radius 1 is 0.917 bits per heavy atom. The summed E-state index contributed by atoms with van der Waals surface area (Å²) in [5.41, 5.74) is 3.65. The Morgan fingerprint density at radius 2 is 1.71 bits per heavy atom. The van der Waals surface area contributed by atoms with Crippen LogP contribution >= 0.6 is 0 Å². The average Bonchev–Trinajstić information content (AvgIpc) is 3.01. The van der Waals surface area contributed by atoms with Gasteiger partial charge in [-0.15, -0.1) is 0 Å². The fraction of sp³-hybridized carbons (Fsp3) is 0.0952. The van der Waals surface area contributed by atoms with Crippen molar-refractivity contribution in [2.75, 3.05) is 7.11 Å². The highest BCUT2D eigenvalue weighted by molar-refractivity contribution is 5.83. The molecule has 0 aliphatic rings. The highest BCUT2D eigenvalue weighted by Gasteiger charge is 2.11. The molecule has 118 valence electrons. The summed E-state index contributed by atoms with van der Waals surface area (Å²) in [5.74, 6) is 1.83. The van der Waals surface area contributed by atoms with Crippen molar-refractivity contribution in [2.45, 2.75) is 6.42 Å². The lowest BCUT2D eigenvalue weighted by Gasteiger charge is -2.10. The summed E-state index contributed by atoms with van der Waals surface area (Å²) in [4.78, 5) is 4.54. The number of aromatic nitrogens is 2. The molecule has 3 heteroatoms. The number of fused-ring (bicyclic) bond motifs is 1. The Hall–Kier alpha value is -3.07. The van der Waals surface area contributed by atoms with E-state index in [0.29, 0.717) is 0 Å². The molecule has 0 fully saturated rings. The van der Waals surface area contributed by atoms with Crippen LogP contribution in [0.15, 0.2) is 79.0 Å². The normalized spacial score (nSPS) is 10.9. The fourth-order valence-electron chi connectivity index (χ4n) is 3.05. The second-order valence-electron chi connectivity index (χ2n) is 5.74. The summed E-state index contributed by atoms with van der Waals surface area (Å²) in [6, 6.07) is 24.9. The Labute approximate surface area is 141 Å². The van der Waals surface area contributed by atoms with E-state index in [1.165, 1.54) is 22.2 Å². The van der Waals surface area contributed by atoms with Gasteiger partial charge in [0.2, 0.25) is 0 Å². The molecule has 24 heavy (non-hydrogen) atoms. The molecule has 0 saturated carbocycles. The van der Waals surface area contributed by atoms with Crippen LogP contribution in [0.5, 0.6) is 5.75 Å².